The second kappa shape index (κ2) is 4.28. The minimum Gasteiger partial charge on any atom is -0.299 e. The summed E-state index contributed by atoms with van der Waals surface area (Å²) >= 11 is 3.62. The van der Waals surface area contributed by atoms with Gasteiger partial charge in [-0.25, -0.2) is 8.78 Å². The minimum atomic E-state index is -2.36. The van der Waals surface area contributed by atoms with Gasteiger partial charge in [-0.15, -0.1) is 0 Å². The SMILES string of the molecule is CC1CCC(Br)CN1CC1CC(F)(F)C1. The quantitative estimate of drug-likeness (QED) is 0.703. The van der Waals surface area contributed by atoms with Gasteiger partial charge >= 0.3 is 0 Å². The van der Waals surface area contributed by atoms with E-state index in [2.05, 4.69) is 27.8 Å². The van der Waals surface area contributed by atoms with Gasteiger partial charge in [0.15, 0.2) is 0 Å². The van der Waals surface area contributed by atoms with Gasteiger partial charge in [-0.3, -0.25) is 4.90 Å². The Bertz CT molecular complexity index is 227. The van der Waals surface area contributed by atoms with E-state index < -0.39 is 5.92 Å². The first kappa shape index (κ1) is 11.8. The zero-order valence-electron chi connectivity index (χ0n) is 9.06. The van der Waals surface area contributed by atoms with Crippen LogP contribution < -0.4 is 0 Å². The van der Waals surface area contributed by atoms with Crippen molar-refractivity contribution in [2.75, 3.05) is 13.1 Å². The predicted octanol–water partition coefficient (Wildman–Crippen LogP) is 3.28. The van der Waals surface area contributed by atoms with E-state index in [9.17, 15) is 8.78 Å². The molecule has 0 N–H and O–H groups in total. The largest absolute Gasteiger partial charge is 0.299 e. The molecular weight excluding hydrogens is 264 g/mol. The van der Waals surface area contributed by atoms with Gasteiger partial charge in [0.05, 0.1) is 0 Å². The molecule has 1 saturated heterocycles. The Morgan fingerprint density at radius 2 is 2.00 bits per heavy atom. The third-order valence-corrected chi connectivity index (χ3v) is 4.37. The molecule has 1 aliphatic heterocycles. The third kappa shape index (κ3) is 2.90. The van der Waals surface area contributed by atoms with Crippen LogP contribution in [0.3, 0.4) is 0 Å². The summed E-state index contributed by atoms with van der Waals surface area (Å²) in [6.07, 6.45) is 2.59. The van der Waals surface area contributed by atoms with Crippen molar-refractivity contribution >= 4 is 15.9 Å². The van der Waals surface area contributed by atoms with Crippen molar-refractivity contribution in [1.29, 1.82) is 0 Å². The van der Waals surface area contributed by atoms with Crippen molar-refractivity contribution in [1.82, 2.24) is 4.90 Å². The second-order valence-electron chi connectivity index (χ2n) is 5.11. The molecular formula is C11H18BrF2N. The second-order valence-corrected chi connectivity index (χ2v) is 6.40. The molecule has 2 fully saturated rings. The first-order valence-electron chi connectivity index (χ1n) is 5.72. The van der Waals surface area contributed by atoms with Crippen LogP contribution in [-0.2, 0) is 0 Å². The van der Waals surface area contributed by atoms with Crippen molar-refractivity contribution in [3.05, 3.63) is 0 Å². The van der Waals surface area contributed by atoms with E-state index in [0.717, 1.165) is 13.1 Å². The molecule has 1 heterocycles. The molecule has 0 aromatic heterocycles. The summed E-state index contributed by atoms with van der Waals surface area (Å²) in [5.74, 6) is -2.14. The molecule has 0 aromatic rings. The molecule has 1 nitrogen and oxygen atoms in total. The van der Waals surface area contributed by atoms with E-state index in [-0.39, 0.29) is 18.8 Å². The number of hydrogen-bond donors (Lipinski definition) is 0. The Labute approximate surface area is 98.3 Å². The zero-order chi connectivity index (χ0) is 11.1. The summed E-state index contributed by atoms with van der Waals surface area (Å²) < 4.78 is 25.4. The van der Waals surface area contributed by atoms with Gasteiger partial charge in [0.25, 0.3) is 0 Å². The van der Waals surface area contributed by atoms with Gasteiger partial charge < -0.3 is 0 Å². The van der Waals surface area contributed by atoms with Crippen molar-refractivity contribution < 1.29 is 8.78 Å². The maximum absolute atomic E-state index is 12.7. The Morgan fingerprint density at radius 3 is 2.60 bits per heavy atom. The van der Waals surface area contributed by atoms with E-state index in [1.807, 2.05) is 0 Å². The lowest BCUT2D eigenvalue weighted by molar-refractivity contribution is -0.119. The highest BCUT2D eigenvalue weighted by molar-refractivity contribution is 9.09. The topological polar surface area (TPSA) is 3.24 Å². The molecule has 1 saturated carbocycles. The molecule has 0 spiro atoms. The summed E-state index contributed by atoms with van der Waals surface area (Å²) in [6.45, 7) is 4.08. The molecule has 15 heavy (non-hydrogen) atoms. The maximum atomic E-state index is 12.7. The van der Waals surface area contributed by atoms with E-state index in [1.165, 1.54) is 12.8 Å². The van der Waals surface area contributed by atoms with Crippen LogP contribution in [-0.4, -0.2) is 34.8 Å². The lowest BCUT2D eigenvalue weighted by Crippen LogP contribution is -2.49. The van der Waals surface area contributed by atoms with Crippen LogP contribution >= 0.6 is 15.9 Å². The molecule has 2 aliphatic rings. The van der Waals surface area contributed by atoms with Crippen LogP contribution in [0.1, 0.15) is 32.6 Å². The summed E-state index contributed by atoms with van der Waals surface area (Å²) in [5, 5.41) is 0. The highest BCUT2D eigenvalue weighted by Crippen LogP contribution is 2.43. The molecule has 0 amide bonds. The van der Waals surface area contributed by atoms with Gasteiger partial charge in [0.2, 0.25) is 5.92 Å². The van der Waals surface area contributed by atoms with Crippen molar-refractivity contribution in [3.8, 4) is 0 Å². The number of rotatable bonds is 2. The van der Waals surface area contributed by atoms with E-state index in [0.29, 0.717) is 10.9 Å². The Kier molecular flexibility index (Phi) is 3.36. The molecule has 2 atom stereocenters. The van der Waals surface area contributed by atoms with Crippen molar-refractivity contribution in [2.45, 2.75) is 49.4 Å². The van der Waals surface area contributed by atoms with Crippen LogP contribution in [0.4, 0.5) is 8.78 Å². The summed E-state index contributed by atoms with van der Waals surface area (Å²) in [7, 11) is 0. The minimum absolute atomic E-state index is 0.100. The highest BCUT2D eigenvalue weighted by Gasteiger charge is 2.46. The van der Waals surface area contributed by atoms with E-state index >= 15 is 0 Å². The summed E-state index contributed by atoms with van der Waals surface area (Å²) in [5.41, 5.74) is 0. The number of piperidine rings is 1. The van der Waals surface area contributed by atoms with Crippen molar-refractivity contribution in [3.63, 3.8) is 0 Å². The number of halogens is 3. The van der Waals surface area contributed by atoms with Gasteiger partial charge in [0.1, 0.15) is 0 Å². The maximum Gasteiger partial charge on any atom is 0.248 e. The van der Waals surface area contributed by atoms with E-state index in [1.54, 1.807) is 0 Å². The van der Waals surface area contributed by atoms with Crippen LogP contribution in [0.15, 0.2) is 0 Å². The Hall–Kier alpha value is 0.300. The molecule has 0 aromatic carbocycles. The van der Waals surface area contributed by atoms with Gasteiger partial charge in [-0.05, 0) is 25.7 Å². The first-order valence-corrected chi connectivity index (χ1v) is 6.64. The summed E-state index contributed by atoms with van der Waals surface area (Å²) in [4.78, 5) is 2.91. The number of likely N-dealkylation sites (tertiary alicyclic amines) is 1. The molecule has 1 aliphatic carbocycles. The van der Waals surface area contributed by atoms with E-state index in [4.69, 9.17) is 0 Å². The Morgan fingerprint density at radius 1 is 1.33 bits per heavy atom. The molecule has 0 radical (unpaired) electrons. The number of hydrogen-bond acceptors (Lipinski definition) is 1. The molecule has 88 valence electrons. The zero-order valence-corrected chi connectivity index (χ0v) is 10.6. The fourth-order valence-electron chi connectivity index (χ4n) is 2.63. The average molecular weight is 282 g/mol. The summed E-state index contributed by atoms with van der Waals surface area (Å²) in [6, 6.07) is 0.563. The fraction of sp³-hybridized carbons (Fsp3) is 1.00. The molecule has 2 unspecified atom stereocenters. The predicted molar refractivity (Wildman–Crippen MR) is 60.7 cm³/mol. The van der Waals surface area contributed by atoms with Gasteiger partial charge in [-0.2, -0.15) is 0 Å². The van der Waals surface area contributed by atoms with Crippen LogP contribution in [0.25, 0.3) is 0 Å². The number of nitrogens with zero attached hydrogens (tertiary/aromatic N) is 1. The smallest absolute Gasteiger partial charge is 0.248 e. The van der Waals surface area contributed by atoms with Crippen LogP contribution in [0, 0.1) is 5.92 Å². The average Bonchev–Trinajstić information content (AvgIpc) is 2.08. The van der Waals surface area contributed by atoms with Crippen LogP contribution in [0.2, 0.25) is 0 Å². The Balaban J connectivity index is 1.79. The fourth-order valence-corrected chi connectivity index (χ4v) is 3.27. The first-order chi connectivity index (χ1) is 6.96. The number of alkyl halides is 3. The molecule has 0 bridgehead atoms. The van der Waals surface area contributed by atoms with Crippen molar-refractivity contribution in [2.24, 2.45) is 5.92 Å². The molecule has 4 heteroatoms. The standard InChI is InChI=1S/C11H18BrF2N/c1-8-2-3-10(12)7-15(8)6-9-4-11(13,14)5-9/h8-10H,2-7H2,1H3. The highest BCUT2D eigenvalue weighted by atomic mass is 79.9. The van der Waals surface area contributed by atoms with Gasteiger partial charge in [0, 0.05) is 36.8 Å². The third-order valence-electron chi connectivity index (χ3n) is 3.62. The lowest BCUT2D eigenvalue weighted by atomic mass is 9.80. The van der Waals surface area contributed by atoms with Gasteiger partial charge in [-0.1, -0.05) is 15.9 Å². The van der Waals surface area contributed by atoms with Crippen LogP contribution in [0.5, 0.6) is 0 Å². The normalized spacial score (nSPS) is 37.6. The molecule has 2 rings (SSSR count). The monoisotopic (exact) mass is 281 g/mol. The lowest BCUT2D eigenvalue weighted by Gasteiger charge is -2.42.